The minimum atomic E-state index is -1.11. The Morgan fingerprint density at radius 3 is 2.63 bits per heavy atom. The molecule has 4 heteroatoms. The molecule has 1 aliphatic rings. The van der Waals surface area contributed by atoms with Gasteiger partial charge in [0, 0.05) is 12.1 Å². The van der Waals surface area contributed by atoms with Crippen LogP contribution in [-0.4, -0.2) is 23.1 Å². The van der Waals surface area contributed by atoms with E-state index in [2.05, 4.69) is 5.32 Å². The maximum Gasteiger partial charge on any atom is 0.253 e. The molecular formula is C15H22N2O2. The van der Waals surface area contributed by atoms with Crippen molar-refractivity contribution in [1.29, 1.82) is 0 Å². The maximum atomic E-state index is 12.1. The van der Waals surface area contributed by atoms with E-state index in [0.717, 1.165) is 25.7 Å². The highest BCUT2D eigenvalue weighted by atomic mass is 16.3. The number of nitrogens with two attached hydrogens (primary N) is 1. The number of hydrogen-bond acceptors (Lipinski definition) is 3. The van der Waals surface area contributed by atoms with E-state index < -0.39 is 6.10 Å². The van der Waals surface area contributed by atoms with Gasteiger partial charge < -0.3 is 16.2 Å². The molecule has 1 amide bonds. The first-order valence-corrected chi connectivity index (χ1v) is 6.97. The van der Waals surface area contributed by atoms with Gasteiger partial charge in [0.05, 0.1) is 0 Å². The largest absolute Gasteiger partial charge is 0.378 e. The Balaban J connectivity index is 1.96. The van der Waals surface area contributed by atoms with E-state index >= 15 is 0 Å². The van der Waals surface area contributed by atoms with Gasteiger partial charge in [0.25, 0.3) is 5.91 Å². The zero-order chi connectivity index (χ0) is 13.7. The SMILES string of the molecule is NC1CCCCCC1NC(=O)C(O)c1ccccc1. The fourth-order valence-electron chi connectivity index (χ4n) is 2.56. The lowest BCUT2D eigenvalue weighted by molar-refractivity contribution is -0.130. The van der Waals surface area contributed by atoms with Crippen LogP contribution in [0.25, 0.3) is 0 Å². The van der Waals surface area contributed by atoms with Crippen molar-refractivity contribution in [3.05, 3.63) is 35.9 Å². The van der Waals surface area contributed by atoms with Gasteiger partial charge in [0.15, 0.2) is 6.10 Å². The van der Waals surface area contributed by atoms with E-state index in [1.165, 1.54) is 6.42 Å². The molecule has 3 unspecified atom stereocenters. The standard InChI is InChI=1S/C15H22N2O2/c16-12-9-5-2-6-10-13(12)17-15(19)14(18)11-7-3-1-4-8-11/h1,3-4,7-8,12-14,18H,2,5-6,9-10,16H2,(H,17,19). The molecule has 1 aromatic rings. The molecule has 2 rings (SSSR count). The van der Waals surface area contributed by atoms with Crippen LogP contribution in [0.3, 0.4) is 0 Å². The molecule has 104 valence electrons. The van der Waals surface area contributed by atoms with Crippen LogP contribution >= 0.6 is 0 Å². The average Bonchev–Trinajstić information content (AvgIpc) is 2.64. The topological polar surface area (TPSA) is 75.3 Å². The maximum absolute atomic E-state index is 12.1. The van der Waals surface area contributed by atoms with Crippen molar-refractivity contribution in [2.45, 2.75) is 50.3 Å². The van der Waals surface area contributed by atoms with Gasteiger partial charge in [-0.1, -0.05) is 49.6 Å². The second-order valence-electron chi connectivity index (χ2n) is 5.23. The average molecular weight is 262 g/mol. The van der Waals surface area contributed by atoms with Crippen LogP contribution < -0.4 is 11.1 Å². The summed E-state index contributed by atoms with van der Waals surface area (Å²) in [5, 5.41) is 12.9. The zero-order valence-corrected chi connectivity index (χ0v) is 11.1. The van der Waals surface area contributed by atoms with Crippen molar-refractivity contribution < 1.29 is 9.90 Å². The first-order chi connectivity index (χ1) is 9.18. The van der Waals surface area contributed by atoms with E-state index in [9.17, 15) is 9.90 Å². The van der Waals surface area contributed by atoms with Crippen LogP contribution in [-0.2, 0) is 4.79 Å². The third kappa shape index (κ3) is 3.78. The Morgan fingerprint density at radius 2 is 1.89 bits per heavy atom. The van der Waals surface area contributed by atoms with Crippen LogP contribution in [0, 0.1) is 0 Å². The molecule has 1 aromatic carbocycles. The van der Waals surface area contributed by atoms with E-state index in [1.807, 2.05) is 18.2 Å². The lowest BCUT2D eigenvalue weighted by Crippen LogP contribution is -2.48. The van der Waals surface area contributed by atoms with Crippen LogP contribution in [0.5, 0.6) is 0 Å². The summed E-state index contributed by atoms with van der Waals surface area (Å²) >= 11 is 0. The molecule has 19 heavy (non-hydrogen) atoms. The second kappa shape index (κ2) is 6.68. The molecule has 0 heterocycles. The van der Waals surface area contributed by atoms with Crippen molar-refractivity contribution in [3.8, 4) is 0 Å². The van der Waals surface area contributed by atoms with E-state index in [0.29, 0.717) is 5.56 Å². The normalized spacial score (nSPS) is 25.4. The van der Waals surface area contributed by atoms with Gasteiger partial charge in [0.1, 0.15) is 0 Å². The lowest BCUT2D eigenvalue weighted by Gasteiger charge is -2.24. The highest BCUT2D eigenvalue weighted by Gasteiger charge is 2.25. The summed E-state index contributed by atoms with van der Waals surface area (Å²) in [6.45, 7) is 0. The van der Waals surface area contributed by atoms with Gasteiger partial charge in [-0.05, 0) is 18.4 Å². The number of carbonyl (C=O) groups is 1. The Bertz CT molecular complexity index is 408. The first-order valence-electron chi connectivity index (χ1n) is 6.97. The number of carbonyl (C=O) groups excluding carboxylic acids is 1. The van der Waals surface area contributed by atoms with Crippen LogP contribution in [0.4, 0.5) is 0 Å². The Labute approximate surface area is 114 Å². The summed E-state index contributed by atoms with van der Waals surface area (Å²) in [6, 6.07) is 8.94. The molecule has 0 saturated heterocycles. The summed E-state index contributed by atoms with van der Waals surface area (Å²) in [7, 11) is 0. The van der Waals surface area contributed by atoms with Gasteiger partial charge in [0.2, 0.25) is 0 Å². The van der Waals surface area contributed by atoms with Crippen LogP contribution in [0.2, 0.25) is 0 Å². The predicted octanol–water partition coefficient (Wildman–Crippen LogP) is 1.50. The minimum absolute atomic E-state index is 0.00516. The summed E-state index contributed by atoms with van der Waals surface area (Å²) in [5.41, 5.74) is 6.68. The van der Waals surface area contributed by atoms with Crippen molar-refractivity contribution in [2.24, 2.45) is 5.73 Å². The molecule has 0 bridgehead atoms. The molecule has 1 saturated carbocycles. The number of hydrogen-bond donors (Lipinski definition) is 3. The number of benzene rings is 1. The number of rotatable bonds is 3. The predicted molar refractivity (Wildman–Crippen MR) is 74.4 cm³/mol. The van der Waals surface area contributed by atoms with E-state index in [4.69, 9.17) is 5.73 Å². The molecule has 0 spiro atoms. The van der Waals surface area contributed by atoms with E-state index in [-0.39, 0.29) is 18.0 Å². The fraction of sp³-hybridized carbons (Fsp3) is 0.533. The molecule has 4 N–H and O–H groups in total. The molecule has 0 aromatic heterocycles. The molecule has 0 aliphatic heterocycles. The second-order valence-corrected chi connectivity index (χ2v) is 5.23. The number of aliphatic hydroxyl groups excluding tert-OH is 1. The van der Waals surface area contributed by atoms with Gasteiger partial charge in [-0.25, -0.2) is 0 Å². The summed E-state index contributed by atoms with van der Waals surface area (Å²) in [6.07, 6.45) is 4.09. The summed E-state index contributed by atoms with van der Waals surface area (Å²) in [4.78, 5) is 12.1. The van der Waals surface area contributed by atoms with Gasteiger partial charge in [-0.2, -0.15) is 0 Å². The highest BCUT2D eigenvalue weighted by molar-refractivity contribution is 5.82. The van der Waals surface area contributed by atoms with Crippen LogP contribution in [0.15, 0.2) is 30.3 Å². The Hall–Kier alpha value is -1.39. The lowest BCUT2D eigenvalue weighted by atomic mass is 10.0. The molecule has 1 aliphatic carbocycles. The molecule has 0 radical (unpaired) electrons. The molecule has 4 nitrogen and oxygen atoms in total. The molecule has 3 atom stereocenters. The van der Waals surface area contributed by atoms with Gasteiger partial charge in [-0.3, -0.25) is 4.79 Å². The quantitative estimate of drug-likeness (QED) is 0.723. The smallest absolute Gasteiger partial charge is 0.253 e. The van der Waals surface area contributed by atoms with Crippen molar-refractivity contribution >= 4 is 5.91 Å². The first kappa shape index (κ1) is 14.0. The van der Waals surface area contributed by atoms with Gasteiger partial charge >= 0.3 is 0 Å². The number of amides is 1. The number of nitrogens with one attached hydrogen (secondary N) is 1. The number of aliphatic hydroxyl groups is 1. The minimum Gasteiger partial charge on any atom is -0.378 e. The zero-order valence-electron chi connectivity index (χ0n) is 11.1. The van der Waals surface area contributed by atoms with Crippen molar-refractivity contribution in [1.82, 2.24) is 5.32 Å². The van der Waals surface area contributed by atoms with E-state index in [1.54, 1.807) is 12.1 Å². The summed E-state index contributed by atoms with van der Waals surface area (Å²) < 4.78 is 0. The highest BCUT2D eigenvalue weighted by Crippen LogP contribution is 2.18. The molecular weight excluding hydrogens is 240 g/mol. The van der Waals surface area contributed by atoms with Crippen molar-refractivity contribution in [3.63, 3.8) is 0 Å². The Morgan fingerprint density at radius 1 is 1.21 bits per heavy atom. The third-order valence-corrected chi connectivity index (χ3v) is 3.76. The third-order valence-electron chi connectivity index (χ3n) is 3.76. The Kier molecular flexibility index (Phi) is 4.93. The van der Waals surface area contributed by atoms with Crippen LogP contribution in [0.1, 0.15) is 43.8 Å². The fourth-order valence-corrected chi connectivity index (χ4v) is 2.56. The summed E-state index contributed by atoms with van der Waals surface area (Å²) in [5.74, 6) is -0.353. The molecule has 1 fully saturated rings. The monoisotopic (exact) mass is 262 g/mol. The van der Waals surface area contributed by atoms with Gasteiger partial charge in [-0.15, -0.1) is 0 Å². The van der Waals surface area contributed by atoms with Crippen molar-refractivity contribution in [2.75, 3.05) is 0 Å².